The number of amides is 1. The molecule has 1 saturated heterocycles. The fraction of sp³-hybridized carbons (Fsp3) is 0.125. The molecule has 7 heteroatoms. The van der Waals surface area contributed by atoms with Crippen LogP contribution in [0.2, 0.25) is 5.02 Å². The van der Waals surface area contributed by atoms with E-state index in [4.69, 9.17) is 23.8 Å². The molecule has 3 rings (SSSR count). The van der Waals surface area contributed by atoms with Gasteiger partial charge >= 0.3 is 0 Å². The van der Waals surface area contributed by atoms with E-state index in [2.05, 4.69) is 5.32 Å². The van der Waals surface area contributed by atoms with Crippen LogP contribution in [0.1, 0.15) is 5.69 Å². The Morgan fingerprint density at radius 2 is 2.00 bits per heavy atom. The Labute approximate surface area is 143 Å². The van der Waals surface area contributed by atoms with Gasteiger partial charge in [0.15, 0.2) is 11.3 Å². The lowest BCUT2D eigenvalue weighted by Gasteiger charge is -2.33. The van der Waals surface area contributed by atoms with E-state index >= 15 is 0 Å². The number of rotatable bonds is 2. The van der Waals surface area contributed by atoms with E-state index in [1.807, 2.05) is 29.9 Å². The molecule has 2 heterocycles. The fourth-order valence-electron chi connectivity index (χ4n) is 2.35. The van der Waals surface area contributed by atoms with Crippen molar-refractivity contribution in [2.75, 3.05) is 4.90 Å². The van der Waals surface area contributed by atoms with Gasteiger partial charge in [0.05, 0.1) is 11.3 Å². The summed E-state index contributed by atoms with van der Waals surface area (Å²) in [4.78, 5) is 14.1. The molecular weight excluding hydrogens is 334 g/mol. The van der Waals surface area contributed by atoms with Crippen molar-refractivity contribution in [1.29, 1.82) is 0 Å². The monoisotopic (exact) mass is 347 g/mol. The second-order valence-electron chi connectivity index (χ2n) is 5.11. The first-order chi connectivity index (χ1) is 11.0. The van der Waals surface area contributed by atoms with Crippen molar-refractivity contribution in [2.45, 2.75) is 6.23 Å². The van der Waals surface area contributed by atoms with Crippen LogP contribution in [-0.4, -0.2) is 26.9 Å². The van der Waals surface area contributed by atoms with Gasteiger partial charge in [-0.25, -0.2) is 0 Å². The number of aliphatic hydroxyl groups is 1. The number of nitrogens with one attached hydrogen (secondary N) is 1. The van der Waals surface area contributed by atoms with Gasteiger partial charge in [-0.1, -0.05) is 11.6 Å². The summed E-state index contributed by atoms with van der Waals surface area (Å²) < 4.78 is 1.85. The number of anilines is 1. The molecule has 2 N–H and O–H groups in total. The van der Waals surface area contributed by atoms with Crippen LogP contribution in [0.5, 0.6) is 0 Å². The van der Waals surface area contributed by atoms with E-state index < -0.39 is 6.23 Å². The molecule has 1 amide bonds. The number of carbonyl (C=O) groups is 1. The van der Waals surface area contributed by atoms with Gasteiger partial charge in [0.1, 0.15) is 0 Å². The third kappa shape index (κ3) is 3.01. The maximum absolute atomic E-state index is 12.8. The van der Waals surface area contributed by atoms with Crippen molar-refractivity contribution in [1.82, 2.24) is 9.88 Å². The van der Waals surface area contributed by atoms with E-state index in [-0.39, 0.29) is 16.6 Å². The van der Waals surface area contributed by atoms with Crippen LogP contribution in [0, 0.1) is 0 Å². The fourth-order valence-corrected chi connectivity index (χ4v) is 2.77. The van der Waals surface area contributed by atoms with Gasteiger partial charge in [0, 0.05) is 24.0 Å². The molecule has 0 aliphatic carbocycles. The molecule has 1 aromatic carbocycles. The van der Waals surface area contributed by atoms with E-state index in [1.165, 1.54) is 4.90 Å². The van der Waals surface area contributed by atoms with Crippen molar-refractivity contribution in [3.05, 3.63) is 58.9 Å². The number of nitrogens with zero attached hydrogens (tertiary/aromatic N) is 2. The highest BCUT2D eigenvalue weighted by Gasteiger charge is 2.34. The van der Waals surface area contributed by atoms with Gasteiger partial charge in [0.25, 0.3) is 5.91 Å². The third-order valence-electron chi connectivity index (χ3n) is 3.58. The van der Waals surface area contributed by atoms with Gasteiger partial charge in [0.2, 0.25) is 0 Å². The molecule has 118 valence electrons. The van der Waals surface area contributed by atoms with Crippen LogP contribution in [0.15, 0.2) is 48.2 Å². The van der Waals surface area contributed by atoms with Crippen molar-refractivity contribution < 1.29 is 9.90 Å². The van der Waals surface area contributed by atoms with Crippen LogP contribution in [0.3, 0.4) is 0 Å². The molecular formula is C16H14ClN3O2S. The number of benzene rings is 1. The Balaban J connectivity index is 2.00. The minimum Gasteiger partial charge on any atom is -0.369 e. The lowest BCUT2D eigenvalue weighted by atomic mass is 10.1. The van der Waals surface area contributed by atoms with Crippen molar-refractivity contribution in [3.8, 4) is 0 Å². The van der Waals surface area contributed by atoms with Crippen molar-refractivity contribution in [3.63, 3.8) is 0 Å². The highest BCUT2D eigenvalue weighted by atomic mass is 35.5. The Bertz CT molecular complexity index is 798. The Morgan fingerprint density at radius 1 is 1.30 bits per heavy atom. The van der Waals surface area contributed by atoms with E-state index in [0.29, 0.717) is 10.7 Å². The molecule has 2 aromatic rings. The molecule has 0 spiro atoms. The number of halogens is 1. The Hall–Kier alpha value is -2.15. The summed E-state index contributed by atoms with van der Waals surface area (Å²) in [5.41, 5.74) is 1.61. The SMILES string of the molecule is Cn1cccc1/C=C1/C(=O)N(c2ccc(Cl)cc2)C(=S)N[C@@H]1O. The zero-order valence-corrected chi connectivity index (χ0v) is 13.8. The van der Waals surface area contributed by atoms with Gasteiger partial charge in [-0.15, -0.1) is 0 Å². The summed E-state index contributed by atoms with van der Waals surface area (Å²) in [6.07, 6.45) is 2.36. The molecule has 0 bridgehead atoms. The molecule has 1 fully saturated rings. The van der Waals surface area contributed by atoms with Gasteiger partial charge in [-0.2, -0.15) is 0 Å². The molecule has 1 aromatic heterocycles. The first-order valence-corrected chi connectivity index (χ1v) is 7.67. The molecule has 1 aliphatic rings. The van der Waals surface area contributed by atoms with Crippen LogP contribution >= 0.6 is 23.8 Å². The maximum Gasteiger partial charge on any atom is 0.265 e. The normalized spacial score (nSPS) is 20.0. The summed E-state index contributed by atoms with van der Waals surface area (Å²) in [6, 6.07) is 10.5. The van der Waals surface area contributed by atoms with Crippen LogP contribution in [0.25, 0.3) is 6.08 Å². The number of aromatic nitrogens is 1. The number of thiocarbonyl (C=S) groups is 1. The zero-order chi connectivity index (χ0) is 16.6. The molecule has 23 heavy (non-hydrogen) atoms. The second kappa shape index (κ2) is 6.16. The van der Waals surface area contributed by atoms with Gasteiger partial charge in [-0.3, -0.25) is 9.69 Å². The highest BCUT2D eigenvalue weighted by molar-refractivity contribution is 7.80. The highest BCUT2D eigenvalue weighted by Crippen LogP contribution is 2.24. The Morgan fingerprint density at radius 3 is 2.61 bits per heavy atom. The van der Waals surface area contributed by atoms with Crippen LogP contribution in [-0.2, 0) is 11.8 Å². The number of carbonyl (C=O) groups excluding carboxylic acids is 1. The lowest BCUT2D eigenvalue weighted by Crippen LogP contribution is -2.56. The minimum absolute atomic E-state index is 0.147. The predicted molar refractivity (Wildman–Crippen MR) is 94.1 cm³/mol. The molecule has 5 nitrogen and oxygen atoms in total. The zero-order valence-electron chi connectivity index (χ0n) is 12.2. The van der Waals surface area contributed by atoms with Crippen molar-refractivity contribution in [2.24, 2.45) is 7.05 Å². The summed E-state index contributed by atoms with van der Waals surface area (Å²) in [7, 11) is 1.86. The second-order valence-corrected chi connectivity index (χ2v) is 5.94. The van der Waals surface area contributed by atoms with Gasteiger partial charge < -0.3 is 15.0 Å². The summed E-state index contributed by atoms with van der Waals surface area (Å²) in [6.45, 7) is 0. The quantitative estimate of drug-likeness (QED) is 0.646. The summed E-state index contributed by atoms with van der Waals surface area (Å²) in [5, 5.41) is 13.6. The lowest BCUT2D eigenvalue weighted by molar-refractivity contribution is -0.115. The molecule has 0 saturated carbocycles. The first kappa shape index (κ1) is 15.7. The van der Waals surface area contributed by atoms with E-state index in [9.17, 15) is 9.90 Å². The minimum atomic E-state index is -1.14. The molecule has 1 aliphatic heterocycles. The maximum atomic E-state index is 12.8. The molecule has 1 atom stereocenters. The smallest absolute Gasteiger partial charge is 0.265 e. The molecule has 0 radical (unpaired) electrons. The van der Waals surface area contributed by atoms with E-state index in [0.717, 1.165) is 5.69 Å². The van der Waals surface area contributed by atoms with Gasteiger partial charge in [-0.05, 0) is 54.7 Å². The third-order valence-corrected chi connectivity index (χ3v) is 4.13. The van der Waals surface area contributed by atoms with E-state index in [1.54, 1.807) is 30.3 Å². The number of hydrogen-bond acceptors (Lipinski definition) is 3. The average Bonchev–Trinajstić information content (AvgIpc) is 2.90. The predicted octanol–water partition coefficient (Wildman–Crippen LogP) is 2.30. The number of aliphatic hydroxyl groups excluding tert-OH is 1. The first-order valence-electron chi connectivity index (χ1n) is 6.89. The average molecular weight is 348 g/mol. The number of aryl methyl sites for hydroxylation is 1. The van der Waals surface area contributed by atoms with Crippen molar-refractivity contribution >= 4 is 46.6 Å². The largest absolute Gasteiger partial charge is 0.369 e. The summed E-state index contributed by atoms with van der Waals surface area (Å²) >= 11 is 11.1. The Kier molecular flexibility index (Phi) is 4.21. The summed E-state index contributed by atoms with van der Waals surface area (Å²) in [5.74, 6) is -0.371. The van der Waals surface area contributed by atoms with Crippen LogP contribution in [0.4, 0.5) is 5.69 Å². The van der Waals surface area contributed by atoms with Crippen LogP contribution < -0.4 is 10.2 Å². The topological polar surface area (TPSA) is 57.5 Å². The number of hydrogen-bond donors (Lipinski definition) is 2. The standard InChI is InChI=1S/C16H14ClN3O2S/c1-19-8-2-3-12(19)9-13-14(21)18-16(23)20(15(13)22)11-6-4-10(17)5-7-11/h2-9,14,21H,1H3,(H,18,23)/b13-9+/t14-/m1/s1. The molecule has 0 unspecified atom stereocenters.